The lowest BCUT2D eigenvalue weighted by atomic mass is 10.1. The summed E-state index contributed by atoms with van der Waals surface area (Å²) in [4.78, 5) is 15.5. The maximum atomic E-state index is 11.8. The van der Waals surface area contributed by atoms with E-state index in [0.717, 1.165) is 41.2 Å². The van der Waals surface area contributed by atoms with Crippen molar-refractivity contribution in [3.8, 4) is 11.4 Å². The average Bonchev–Trinajstić information content (AvgIpc) is 3.23. The highest BCUT2D eigenvalue weighted by Crippen LogP contribution is 2.35. The number of nitrogens with two attached hydrogens (primary N) is 2. The van der Waals surface area contributed by atoms with E-state index in [9.17, 15) is 8.42 Å². The van der Waals surface area contributed by atoms with E-state index in [-0.39, 0.29) is 0 Å². The molecule has 2 aromatic heterocycles. The Morgan fingerprint density at radius 3 is 2.41 bits per heavy atom. The van der Waals surface area contributed by atoms with Gasteiger partial charge >= 0.3 is 0 Å². The van der Waals surface area contributed by atoms with Crippen LogP contribution in [-0.2, 0) is 21.3 Å². The lowest BCUT2D eigenvalue weighted by Crippen LogP contribution is -2.47. The van der Waals surface area contributed by atoms with Gasteiger partial charge in [0.05, 0.1) is 41.1 Å². The third-order valence-corrected chi connectivity index (χ3v) is 8.65. The lowest BCUT2D eigenvalue weighted by Gasteiger charge is -2.32. The second kappa shape index (κ2) is 9.27. The van der Waals surface area contributed by atoms with Gasteiger partial charge in [-0.05, 0) is 24.3 Å². The van der Waals surface area contributed by atoms with Gasteiger partial charge in [0.25, 0.3) is 0 Å². The van der Waals surface area contributed by atoms with Gasteiger partial charge in [-0.25, -0.2) is 18.4 Å². The Morgan fingerprint density at radius 2 is 1.74 bits per heavy atom. The first kappa shape index (κ1) is 23.2. The molecule has 0 spiro atoms. The van der Waals surface area contributed by atoms with Gasteiger partial charge in [-0.3, -0.25) is 4.90 Å². The van der Waals surface area contributed by atoms with E-state index in [2.05, 4.69) is 15.9 Å². The summed E-state index contributed by atoms with van der Waals surface area (Å²) in [5.74, 6) is 1.53. The number of rotatable bonds is 5. The minimum atomic E-state index is -3.14. The quantitative estimate of drug-likeness (QED) is 0.497. The van der Waals surface area contributed by atoms with E-state index < -0.39 is 10.0 Å². The van der Waals surface area contributed by atoms with Crippen LogP contribution in [0.25, 0.3) is 21.6 Å². The molecule has 1 aromatic carbocycles. The molecule has 0 unspecified atom stereocenters. The Bertz CT molecular complexity index is 1300. The maximum Gasteiger partial charge on any atom is 0.211 e. The average molecular weight is 504 g/mol. The van der Waals surface area contributed by atoms with Gasteiger partial charge in [-0.1, -0.05) is 0 Å². The van der Waals surface area contributed by atoms with E-state index in [4.69, 9.17) is 26.2 Å². The minimum absolute atomic E-state index is 0.508. The molecule has 4 N–H and O–H groups in total. The fourth-order valence-corrected chi connectivity index (χ4v) is 6.30. The van der Waals surface area contributed by atoms with Gasteiger partial charge < -0.3 is 21.1 Å². The SMILES string of the molecule is CS(=O)(=O)N1CCN(Cc2cc3nc(-c4ccc(N)c(N)c4)nc(N4CCOCC4)c3s2)CC1. The third-order valence-electron chi connectivity index (χ3n) is 6.24. The first-order chi connectivity index (χ1) is 16.3. The molecule has 10 nitrogen and oxygen atoms in total. The summed E-state index contributed by atoms with van der Waals surface area (Å²) in [6, 6.07) is 7.61. The van der Waals surface area contributed by atoms with Crippen LogP contribution in [0.2, 0.25) is 0 Å². The van der Waals surface area contributed by atoms with Crippen LogP contribution in [-0.4, -0.2) is 86.3 Å². The van der Waals surface area contributed by atoms with Crippen LogP contribution in [0.15, 0.2) is 24.3 Å². The summed E-state index contributed by atoms with van der Waals surface area (Å²) in [6.45, 7) is 6.09. The molecule has 0 aliphatic carbocycles. The Balaban J connectivity index is 1.46. The summed E-state index contributed by atoms with van der Waals surface area (Å²) in [5.41, 5.74) is 14.7. The molecule has 182 valence electrons. The molecule has 0 atom stereocenters. The Labute approximate surface area is 203 Å². The van der Waals surface area contributed by atoms with Crippen LogP contribution < -0.4 is 16.4 Å². The van der Waals surface area contributed by atoms with Crippen molar-refractivity contribution in [1.29, 1.82) is 0 Å². The second-order valence-corrected chi connectivity index (χ2v) is 11.8. The summed E-state index contributed by atoms with van der Waals surface area (Å²) in [7, 11) is -3.14. The van der Waals surface area contributed by atoms with Gasteiger partial charge in [-0.15, -0.1) is 11.3 Å². The molecule has 2 aliphatic rings. The Hall–Kier alpha value is -2.51. The van der Waals surface area contributed by atoms with Crippen LogP contribution in [0.4, 0.5) is 17.2 Å². The predicted molar refractivity (Wildman–Crippen MR) is 136 cm³/mol. The number of fused-ring (bicyclic) bond motifs is 1. The fourth-order valence-electron chi connectivity index (χ4n) is 4.31. The first-order valence-electron chi connectivity index (χ1n) is 11.2. The van der Waals surface area contributed by atoms with Crippen LogP contribution in [0.1, 0.15) is 4.88 Å². The molecular formula is C22H29N7O3S2. The van der Waals surface area contributed by atoms with Crippen molar-refractivity contribution in [2.45, 2.75) is 6.54 Å². The highest BCUT2D eigenvalue weighted by Gasteiger charge is 2.25. The topological polar surface area (TPSA) is 131 Å². The number of piperazine rings is 1. The van der Waals surface area contributed by atoms with Crippen LogP contribution in [0, 0.1) is 0 Å². The number of aromatic nitrogens is 2. The monoisotopic (exact) mass is 503 g/mol. The fraction of sp³-hybridized carbons (Fsp3) is 0.455. The summed E-state index contributed by atoms with van der Waals surface area (Å²) in [6.07, 6.45) is 1.27. The summed E-state index contributed by atoms with van der Waals surface area (Å²) >= 11 is 1.70. The van der Waals surface area contributed by atoms with Gasteiger partial charge in [-0.2, -0.15) is 4.31 Å². The number of sulfonamides is 1. The molecule has 2 fully saturated rings. The zero-order chi connectivity index (χ0) is 23.9. The lowest BCUT2D eigenvalue weighted by molar-refractivity contribution is 0.122. The summed E-state index contributed by atoms with van der Waals surface area (Å²) < 4.78 is 31.8. The molecule has 4 heterocycles. The molecule has 5 rings (SSSR count). The number of thiophene rings is 1. The number of hydrogen-bond donors (Lipinski definition) is 2. The van der Waals surface area contributed by atoms with E-state index in [1.54, 1.807) is 21.7 Å². The van der Waals surface area contributed by atoms with Crippen molar-refractivity contribution in [2.75, 3.05) is 75.1 Å². The number of hydrogen-bond acceptors (Lipinski definition) is 10. The zero-order valence-corrected chi connectivity index (χ0v) is 20.7. The standard InChI is InChI=1S/C22H29N7O3S2/c1-34(30,31)29-6-4-27(5-7-29)14-16-13-19-20(33-16)22(28-8-10-32-11-9-28)26-21(25-19)15-2-3-17(23)18(24)12-15/h2-3,12-13H,4-11,14,23-24H2,1H3. The van der Waals surface area contributed by atoms with Crippen molar-refractivity contribution in [3.05, 3.63) is 29.1 Å². The molecule has 3 aromatic rings. The molecule has 2 saturated heterocycles. The van der Waals surface area contributed by atoms with Gasteiger partial charge in [0.1, 0.15) is 0 Å². The number of anilines is 3. The molecule has 0 bridgehead atoms. The number of nitrogen functional groups attached to an aromatic ring is 2. The number of morpholine rings is 1. The number of benzene rings is 1. The Kier molecular flexibility index (Phi) is 6.34. The van der Waals surface area contributed by atoms with Crippen LogP contribution in [0.3, 0.4) is 0 Å². The zero-order valence-electron chi connectivity index (χ0n) is 19.1. The van der Waals surface area contributed by atoms with E-state index in [1.807, 2.05) is 12.1 Å². The second-order valence-electron chi connectivity index (χ2n) is 8.68. The Morgan fingerprint density at radius 1 is 1.00 bits per heavy atom. The number of nitrogens with zero attached hydrogens (tertiary/aromatic N) is 5. The van der Waals surface area contributed by atoms with E-state index in [1.165, 1.54) is 11.1 Å². The predicted octanol–water partition coefficient (Wildman–Crippen LogP) is 1.44. The third kappa shape index (κ3) is 4.82. The molecular weight excluding hydrogens is 474 g/mol. The van der Waals surface area contributed by atoms with E-state index in [0.29, 0.717) is 56.6 Å². The molecule has 12 heteroatoms. The highest BCUT2D eigenvalue weighted by molar-refractivity contribution is 7.88. The van der Waals surface area contributed by atoms with E-state index >= 15 is 0 Å². The van der Waals surface area contributed by atoms with Gasteiger partial charge in [0.2, 0.25) is 10.0 Å². The molecule has 0 amide bonds. The van der Waals surface area contributed by atoms with Crippen molar-refractivity contribution < 1.29 is 13.2 Å². The normalized spacial score (nSPS) is 18.6. The smallest absolute Gasteiger partial charge is 0.211 e. The number of ether oxygens (including phenoxy) is 1. The van der Waals surface area contributed by atoms with Crippen molar-refractivity contribution in [3.63, 3.8) is 0 Å². The molecule has 0 saturated carbocycles. The first-order valence-corrected chi connectivity index (χ1v) is 13.9. The maximum absolute atomic E-state index is 11.8. The van der Waals surface area contributed by atoms with Crippen LogP contribution in [0.5, 0.6) is 0 Å². The van der Waals surface area contributed by atoms with Crippen molar-refractivity contribution >= 4 is 48.8 Å². The minimum Gasteiger partial charge on any atom is -0.397 e. The molecule has 34 heavy (non-hydrogen) atoms. The molecule has 0 radical (unpaired) electrons. The van der Waals surface area contributed by atoms with Crippen LogP contribution >= 0.6 is 11.3 Å². The van der Waals surface area contributed by atoms with Crippen molar-refractivity contribution in [1.82, 2.24) is 19.2 Å². The largest absolute Gasteiger partial charge is 0.397 e. The molecule has 2 aliphatic heterocycles. The van der Waals surface area contributed by atoms with Gasteiger partial charge in [0.15, 0.2) is 11.6 Å². The summed E-state index contributed by atoms with van der Waals surface area (Å²) in [5, 5.41) is 0. The van der Waals surface area contributed by atoms with Gasteiger partial charge in [0, 0.05) is 56.3 Å². The van der Waals surface area contributed by atoms with Crippen molar-refractivity contribution in [2.24, 2.45) is 0 Å². The highest BCUT2D eigenvalue weighted by atomic mass is 32.2.